The number of ether oxygens (including phenoxy) is 2. The molecule has 3 N–H and O–H groups in total. The Bertz CT molecular complexity index is 942. The van der Waals surface area contributed by atoms with Crippen LogP contribution in [0.2, 0.25) is 5.02 Å². The van der Waals surface area contributed by atoms with E-state index in [1.165, 1.54) is 0 Å². The number of nitrogens with one attached hydrogen (secondary N) is 3. The summed E-state index contributed by atoms with van der Waals surface area (Å²) in [6.45, 7) is 3.39. The van der Waals surface area contributed by atoms with Crippen LogP contribution in [0, 0.1) is 6.92 Å². The molecule has 0 fully saturated rings. The molecule has 10 heteroatoms. The van der Waals surface area contributed by atoms with E-state index in [0.29, 0.717) is 16.5 Å². The molecule has 0 aliphatic rings. The quantitative estimate of drug-likeness (QED) is 0.387. The zero-order valence-electron chi connectivity index (χ0n) is 16.4. The van der Waals surface area contributed by atoms with Gasteiger partial charge in [-0.15, -0.1) is 0 Å². The van der Waals surface area contributed by atoms with Crippen LogP contribution in [0.5, 0.6) is 11.5 Å². The highest BCUT2D eigenvalue weighted by molar-refractivity contribution is 9.10. The minimum absolute atomic E-state index is 0.0711. The maximum Gasteiger partial charge on any atom is 0.276 e. The first-order valence-electron chi connectivity index (χ1n) is 8.97. The molecule has 0 heterocycles. The number of thiocarbonyl (C=S) groups is 1. The minimum atomic E-state index is -0.479. The first-order valence-corrected chi connectivity index (χ1v) is 10.5. The number of hydrogen-bond acceptors (Lipinski definition) is 5. The molecule has 0 saturated carbocycles. The summed E-state index contributed by atoms with van der Waals surface area (Å²) in [4.78, 5) is 23.8. The Labute approximate surface area is 193 Å². The average Bonchev–Trinajstić information content (AvgIpc) is 2.70. The maximum absolute atomic E-state index is 11.9. The Hall–Kier alpha value is -2.36. The van der Waals surface area contributed by atoms with Crippen molar-refractivity contribution in [3.05, 3.63) is 57.0 Å². The number of rotatable bonds is 7. The summed E-state index contributed by atoms with van der Waals surface area (Å²) in [7, 11) is 0. The second-order valence-corrected chi connectivity index (χ2v) is 7.85. The Balaban J connectivity index is 1.69. The fraction of sp³-hybridized carbons (Fsp3) is 0.250. The third-order valence-corrected chi connectivity index (χ3v) is 4.89. The van der Waals surface area contributed by atoms with E-state index in [0.717, 1.165) is 22.0 Å². The van der Waals surface area contributed by atoms with E-state index < -0.39 is 11.8 Å². The lowest BCUT2D eigenvalue weighted by molar-refractivity contribution is -0.124. The number of aryl methyl sites for hydroxylation is 2. The van der Waals surface area contributed by atoms with Crippen LogP contribution in [0.25, 0.3) is 0 Å². The van der Waals surface area contributed by atoms with E-state index in [2.05, 4.69) is 32.1 Å². The molecular formula is C20H21BrClN3O4S. The molecular weight excluding hydrogens is 494 g/mol. The fourth-order valence-corrected chi connectivity index (χ4v) is 3.23. The first kappa shape index (κ1) is 23.9. The third kappa shape index (κ3) is 7.81. The molecule has 0 radical (unpaired) electrons. The van der Waals surface area contributed by atoms with E-state index >= 15 is 0 Å². The summed E-state index contributed by atoms with van der Waals surface area (Å²) in [5.41, 5.74) is 6.74. The van der Waals surface area contributed by atoms with E-state index in [9.17, 15) is 9.59 Å². The van der Waals surface area contributed by atoms with Gasteiger partial charge in [0.05, 0.1) is 4.47 Å². The van der Waals surface area contributed by atoms with Crippen molar-refractivity contribution >= 4 is 56.7 Å². The standard InChI is InChI=1S/C20H21BrClN3O4S/c1-3-13-4-6-17(15(21)9-13)29-11-19(27)24-25-20(30)23-18(26)10-28-16-7-5-14(22)8-12(16)2/h4-9H,3,10-11H2,1-2H3,(H,24,27)(H2,23,25,26,30). The normalized spacial score (nSPS) is 10.1. The van der Waals surface area contributed by atoms with Crippen molar-refractivity contribution in [1.82, 2.24) is 16.2 Å². The average molecular weight is 515 g/mol. The third-order valence-electron chi connectivity index (χ3n) is 3.83. The zero-order valence-corrected chi connectivity index (χ0v) is 19.5. The van der Waals surface area contributed by atoms with Gasteiger partial charge in [0.25, 0.3) is 11.8 Å². The molecule has 2 aromatic rings. The molecule has 0 saturated heterocycles. The van der Waals surface area contributed by atoms with Gasteiger partial charge >= 0.3 is 0 Å². The zero-order chi connectivity index (χ0) is 22.1. The van der Waals surface area contributed by atoms with Crippen molar-refractivity contribution in [3.63, 3.8) is 0 Å². The molecule has 0 aliphatic carbocycles. The summed E-state index contributed by atoms with van der Waals surface area (Å²) in [5, 5.41) is 2.91. The van der Waals surface area contributed by atoms with Crippen molar-refractivity contribution in [2.75, 3.05) is 13.2 Å². The lowest BCUT2D eigenvalue weighted by Crippen LogP contribution is -2.50. The van der Waals surface area contributed by atoms with Gasteiger partial charge in [-0.25, -0.2) is 0 Å². The van der Waals surface area contributed by atoms with Crippen LogP contribution in [-0.2, 0) is 16.0 Å². The molecule has 0 bridgehead atoms. The van der Waals surface area contributed by atoms with Gasteiger partial charge < -0.3 is 9.47 Å². The molecule has 160 valence electrons. The van der Waals surface area contributed by atoms with Crippen molar-refractivity contribution in [1.29, 1.82) is 0 Å². The maximum atomic E-state index is 11.9. The Morgan fingerprint density at radius 2 is 1.70 bits per heavy atom. The highest BCUT2D eigenvalue weighted by Crippen LogP contribution is 2.26. The summed E-state index contributed by atoms with van der Waals surface area (Å²) in [6.07, 6.45) is 0.900. The van der Waals surface area contributed by atoms with E-state index in [1.54, 1.807) is 24.3 Å². The van der Waals surface area contributed by atoms with E-state index in [4.69, 9.17) is 33.3 Å². The Morgan fingerprint density at radius 3 is 2.37 bits per heavy atom. The van der Waals surface area contributed by atoms with Gasteiger partial charge in [0, 0.05) is 5.02 Å². The topological polar surface area (TPSA) is 88.7 Å². The van der Waals surface area contributed by atoms with Crippen LogP contribution in [0.15, 0.2) is 40.9 Å². The molecule has 7 nitrogen and oxygen atoms in total. The number of halogens is 2. The number of carbonyl (C=O) groups is 2. The summed E-state index contributed by atoms with van der Waals surface area (Å²) in [5.74, 6) is 0.142. The minimum Gasteiger partial charge on any atom is -0.483 e. The highest BCUT2D eigenvalue weighted by atomic mass is 79.9. The molecule has 0 aromatic heterocycles. The summed E-state index contributed by atoms with van der Waals surface area (Å²) in [6, 6.07) is 10.7. The predicted octanol–water partition coefficient (Wildman–Crippen LogP) is 3.45. The van der Waals surface area contributed by atoms with Gasteiger partial charge in [0.1, 0.15) is 11.5 Å². The second kappa shape index (κ2) is 11.7. The van der Waals surface area contributed by atoms with Crippen LogP contribution < -0.4 is 25.6 Å². The summed E-state index contributed by atoms with van der Waals surface area (Å²) >= 11 is 14.3. The van der Waals surface area contributed by atoms with Crippen LogP contribution >= 0.6 is 39.7 Å². The molecule has 0 aliphatic heterocycles. The summed E-state index contributed by atoms with van der Waals surface area (Å²) < 4.78 is 11.7. The predicted molar refractivity (Wildman–Crippen MR) is 123 cm³/mol. The van der Waals surface area contributed by atoms with Crippen LogP contribution in [0.4, 0.5) is 0 Å². The number of amides is 2. The largest absolute Gasteiger partial charge is 0.483 e. The smallest absolute Gasteiger partial charge is 0.276 e. The molecule has 2 amide bonds. The van der Waals surface area contributed by atoms with Crippen LogP contribution in [0.1, 0.15) is 18.1 Å². The molecule has 30 heavy (non-hydrogen) atoms. The molecule has 0 spiro atoms. The molecule has 0 atom stereocenters. The van der Waals surface area contributed by atoms with E-state index in [1.807, 2.05) is 26.0 Å². The lowest BCUT2D eigenvalue weighted by atomic mass is 10.2. The number of hydrazine groups is 1. The SMILES string of the molecule is CCc1ccc(OCC(=O)NNC(=S)NC(=O)COc2ccc(Cl)cc2C)c(Br)c1. The molecule has 2 rings (SSSR count). The van der Waals surface area contributed by atoms with Gasteiger partial charge in [-0.1, -0.05) is 24.6 Å². The number of carbonyl (C=O) groups excluding carboxylic acids is 2. The second-order valence-electron chi connectivity index (χ2n) is 6.16. The Morgan fingerprint density at radius 1 is 1.03 bits per heavy atom. The first-order chi connectivity index (χ1) is 14.3. The fourth-order valence-electron chi connectivity index (χ4n) is 2.30. The van der Waals surface area contributed by atoms with Gasteiger partial charge in [-0.05, 0) is 83.0 Å². The number of hydrogen-bond donors (Lipinski definition) is 3. The van der Waals surface area contributed by atoms with E-state index in [-0.39, 0.29) is 18.3 Å². The highest BCUT2D eigenvalue weighted by Gasteiger charge is 2.10. The molecule has 0 unspecified atom stereocenters. The van der Waals surface area contributed by atoms with Gasteiger partial charge in [0.2, 0.25) is 0 Å². The van der Waals surface area contributed by atoms with Crippen LogP contribution in [-0.4, -0.2) is 30.1 Å². The Kier molecular flexibility index (Phi) is 9.35. The van der Waals surface area contributed by atoms with Crippen molar-refractivity contribution in [2.24, 2.45) is 0 Å². The molecule has 2 aromatic carbocycles. The van der Waals surface area contributed by atoms with Crippen molar-refractivity contribution in [3.8, 4) is 11.5 Å². The number of benzene rings is 2. The van der Waals surface area contributed by atoms with Crippen LogP contribution in [0.3, 0.4) is 0 Å². The monoisotopic (exact) mass is 513 g/mol. The van der Waals surface area contributed by atoms with Gasteiger partial charge in [-0.3, -0.25) is 25.8 Å². The van der Waals surface area contributed by atoms with Gasteiger partial charge in [-0.2, -0.15) is 0 Å². The lowest BCUT2D eigenvalue weighted by Gasteiger charge is -2.13. The van der Waals surface area contributed by atoms with Crippen molar-refractivity contribution < 1.29 is 19.1 Å². The van der Waals surface area contributed by atoms with Gasteiger partial charge in [0.15, 0.2) is 18.3 Å². The van der Waals surface area contributed by atoms with Crippen molar-refractivity contribution in [2.45, 2.75) is 20.3 Å².